The number of benzene rings is 1. The molecule has 13 heteroatoms. The summed E-state index contributed by atoms with van der Waals surface area (Å²) in [6, 6.07) is 5.04. The lowest BCUT2D eigenvalue weighted by Gasteiger charge is -2.34. The minimum atomic E-state index is -3.00. The fourth-order valence-corrected chi connectivity index (χ4v) is 4.74. The standard InChI is InChI=1S/C22H24ClF2N7O2S/c1-12-11-35-20(17(12)18(26)33)29-19-14(23)10-27-22(30-19)28-15-4-3-13(9-16(15)34-21(24)25)32-7-5-31(2)6-8-32/h3-4,9-11,21H,5-8H2,1-2H3,(H2,26,33)(H2,27,28,29,30). The van der Waals surface area contributed by atoms with Crippen molar-refractivity contribution in [1.82, 2.24) is 14.9 Å². The predicted molar refractivity (Wildman–Crippen MR) is 134 cm³/mol. The first-order valence-electron chi connectivity index (χ1n) is 10.7. The first-order valence-corrected chi connectivity index (χ1v) is 11.9. The number of carbonyl (C=O) groups is 1. The average Bonchev–Trinajstić information content (AvgIpc) is 3.17. The summed E-state index contributed by atoms with van der Waals surface area (Å²) in [6.07, 6.45) is 1.36. The number of nitrogens with one attached hydrogen (secondary N) is 2. The SMILES string of the molecule is Cc1csc(Nc2nc(Nc3ccc(N4CCN(C)CC4)cc3OC(F)F)ncc2Cl)c1C(N)=O. The van der Waals surface area contributed by atoms with Gasteiger partial charge < -0.3 is 30.9 Å². The molecule has 1 saturated heterocycles. The highest BCUT2D eigenvalue weighted by Crippen LogP contribution is 2.35. The number of rotatable bonds is 8. The molecule has 1 aromatic carbocycles. The van der Waals surface area contributed by atoms with Crippen molar-refractivity contribution in [3.63, 3.8) is 0 Å². The Bertz CT molecular complexity index is 1220. The maximum Gasteiger partial charge on any atom is 0.387 e. The number of likely N-dealkylation sites (N-methyl/N-ethyl adjacent to an activating group) is 1. The average molecular weight is 524 g/mol. The van der Waals surface area contributed by atoms with Gasteiger partial charge in [0.2, 0.25) is 5.95 Å². The molecule has 1 aliphatic heterocycles. The molecule has 0 spiro atoms. The summed E-state index contributed by atoms with van der Waals surface area (Å²) in [7, 11) is 2.04. The number of primary amides is 1. The van der Waals surface area contributed by atoms with E-state index in [-0.39, 0.29) is 28.2 Å². The monoisotopic (exact) mass is 523 g/mol. The molecule has 3 aromatic rings. The lowest BCUT2D eigenvalue weighted by atomic mass is 10.2. The molecule has 9 nitrogen and oxygen atoms in total. The number of nitrogens with zero attached hydrogens (tertiary/aromatic N) is 4. The third-order valence-corrected chi connectivity index (χ3v) is 6.78. The zero-order valence-electron chi connectivity index (χ0n) is 19.0. The van der Waals surface area contributed by atoms with Gasteiger partial charge in [-0.05, 0) is 37.0 Å². The molecule has 186 valence electrons. The van der Waals surface area contributed by atoms with Gasteiger partial charge >= 0.3 is 6.61 Å². The molecule has 1 amide bonds. The first kappa shape index (κ1) is 24.9. The van der Waals surface area contributed by atoms with Crippen LogP contribution in [0.5, 0.6) is 5.75 Å². The Morgan fingerprint density at radius 3 is 2.69 bits per heavy atom. The van der Waals surface area contributed by atoms with E-state index >= 15 is 0 Å². The van der Waals surface area contributed by atoms with Gasteiger partial charge in [-0.15, -0.1) is 11.3 Å². The smallest absolute Gasteiger partial charge is 0.387 e. The lowest BCUT2D eigenvalue weighted by Crippen LogP contribution is -2.44. The van der Waals surface area contributed by atoms with Crippen LogP contribution < -0.4 is 26.0 Å². The molecule has 4 rings (SSSR count). The second kappa shape index (κ2) is 10.6. The second-order valence-corrected chi connectivity index (χ2v) is 9.26. The van der Waals surface area contributed by atoms with E-state index in [9.17, 15) is 13.6 Å². The fraction of sp³-hybridized carbons (Fsp3) is 0.318. The van der Waals surface area contributed by atoms with Gasteiger partial charge in [-0.25, -0.2) is 4.98 Å². The van der Waals surface area contributed by atoms with Crippen molar-refractivity contribution in [3.8, 4) is 5.75 Å². The molecular weight excluding hydrogens is 500 g/mol. The maximum atomic E-state index is 13.2. The van der Waals surface area contributed by atoms with Crippen molar-refractivity contribution in [2.45, 2.75) is 13.5 Å². The molecule has 0 atom stereocenters. The Morgan fingerprint density at radius 2 is 2.00 bits per heavy atom. The number of carbonyl (C=O) groups excluding carboxylic acids is 1. The van der Waals surface area contributed by atoms with Crippen molar-refractivity contribution in [3.05, 3.63) is 45.9 Å². The second-order valence-electron chi connectivity index (χ2n) is 7.98. The number of thiophene rings is 1. The van der Waals surface area contributed by atoms with Crippen LogP contribution >= 0.6 is 22.9 Å². The Kier molecular flexibility index (Phi) is 7.53. The summed E-state index contributed by atoms with van der Waals surface area (Å²) in [6.45, 7) is 2.08. The van der Waals surface area contributed by atoms with Crippen molar-refractivity contribution in [2.75, 3.05) is 48.8 Å². The maximum absolute atomic E-state index is 13.2. The van der Waals surface area contributed by atoms with E-state index in [1.165, 1.54) is 17.5 Å². The topological polar surface area (TPSA) is 109 Å². The van der Waals surface area contributed by atoms with Gasteiger partial charge in [0.25, 0.3) is 5.91 Å². The van der Waals surface area contributed by atoms with E-state index in [2.05, 4.69) is 30.4 Å². The van der Waals surface area contributed by atoms with Gasteiger partial charge in [0.15, 0.2) is 11.6 Å². The van der Waals surface area contributed by atoms with E-state index in [1.54, 1.807) is 24.4 Å². The van der Waals surface area contributed by atoms with Crippen LogP contribution in [-0.4, -0.2) is 60.6 Å². The number of aromatic nitrogens is 2. The number of amides is 1. The van der Waals surface area contributed by atoms with Crippen LogP contribution in [0.15, 0.2) is 29.8 Å². The van der Waals surface area contributed by atoms with Crippen LogP contribution in [0, 0.1) is 6.92 Å². The number of halogens is 3. The Balaban J connectivity index is 1.59. The number of hydrogen-bond donors (Lipinski definition) is 3. The summed E-state index contributed by atoms with van der Waals surface area (Å²) in [5.41, 5.74) is 7.59. The van der Waals surface area contributed by atoms with E-state index in [0.29, 0.717) is 10.6 Å². The Labute approximate surface area is 209 Å². The summed E-state index contributed by atoms with van der Waals surface area (Å²) >= 11 is 7.53. The van der Waals surface area contributed by atoms with Gasteiger partial charge in [-0.2, -0.15) is 13.8 Å². The number of aryl methyl sites for hydroxylation is 1. The number of hydrogen-bond acceptors (Lipinski definition) is 9. The highest BCUT2D eigenvalue weighted by Gasteiger charge is 2.19. The number of ether oxygens (including phenoxy) is 1. The molecule has 3 heterocycles. The molecule has 2 aromatic heterocycles. The summed E-state index contributed by atoms with van der Waals surface area (Å²) in [5.74, 6) is -0.297. The lowest BCUT2D eigenvalue weighted by molar-refractivity contribution is -0.0493. The zero-order chi connectivity index (χ0) is 25.1. The van der Waals surface area contributed by atoms with Crippen LogP contribution in [0.4, 0.5) is 36.9 Å². The number of nitrogens with two attached hydrogens (primary N) is 1. The fourth-order valence-electron chi connectivity index (χ4n) is 3.65. The summed E-state index contributed by atoms with van der Waals surface area (Å²) in [5, 5.41) is 8.39. The van der Waals surface area contributed by atoms with Crippen LogP contribution in [0.2, 0.25) is 5.02 Å². The molecular formula is C22H24ClF2N7O2S. The van der Waals surface area contributed by atoms with Crippen molar-refractivity contribution in [1.29, 1.82) is 0 Å². The molecule has 1 fully saturated rings. The van der Waals surface area contributed by atoms with Crippen molar-refractivity contribution < 1.29 is 18.3 Å². The summed E-state index contributed by atoms with van der Waals surface area (Å²) in [4.78, 5) is 24.6. The molecule has 0 aliphatic carbocycles. The van der Waals surface area contributed by atoms with Gasteiger partial charge in [-0.1, -0.05) is 11.6 Å². The Hall–Kier alpha value is -3.22. The number of alkyl halides is 2. The largest absolute Gasteiger partial charge is 0.433 e. The number of anilines is 5. The zero-order valence-corrected chi connectivity index (χ0v) is 20.6. The van der Waals surface area contributed by atoms with Gasteiger partial charge in [-0.3, -0.25) is 4.79 Å². The highest BCUT2D eigenvalue weighted by atomic mass is 35.5. The van der Waals surface area contributed by atoms with Crippen LogP contribution in [0.3, 0.4) is 0 Å². The minimum absolute atomic E-state index is 0.0330. The molecule has 4 N–H and O–H groups in total. The van der Waals surface area contributed by atoms with E-state index in [1.807, 2.05) is 13.1 Å². The molecule has 0 unspecified atom stereocenters. The number of piperazine rings is 1. The quantitative estimate of drug-likeness (QED) is 0.397. The van der Waals surface area contributed by atoms with Gasteiger partial charge in [0.05, 0.1) is 17.4 Å². The van der Waals surface area contributed by atoms with E-state index in [4.69, 9.17) is 22.1 Å². The molecule has 0 bridgehead atoms. The van der Waals surface area contributed by atoms with Gasteiger partial charge in [0, 0.05) is 37.9 Å². The first-order chi connectivity index (χ1) is 16.7. The van der Waals surface area contributed by atoms with E-state index < -0.39 is 12.5 Å². The summed E-state index contributed by atoms with van der Waals surface area (Å²) < 4.78 is 31.1. The van der Waals surface area contributed by atoms with Crippen molar-refractivity contribution >= 4 is 57.0 Å². The molecule has 1 aliphatic rings. The van der Waals surface area contributed by atoms with Crippen LogP contribution in [0.25, 0.3) is 0 Å². The third-order valence-electron chi connectivity index (χ3n) is 5.49. The highest BCUT2D eigenvalue weighted by molar-refractivity contribution is 7.14. The van der Waals surface area contributed by atoms with Crippen LogP contribution in [0.1, 0.15) is 15.9 Å². The normalized spacial score (nSPS) is 14.3. The molecule has 0 radical (unpaired) electrons. The van der Waals surface area contributed by atoms with Crippen LogP contribution in [-0.2, 0) is 0 Å². The minimum Gasteiger partial charge on any atom is -0.433 e. The van der Waals surface area contributed by atoms with E-state index in [0.717, 1.165) is 37.4 Å². The van der Waals surface area contributed by atoms with Crippen molar-refractivity contribution in [2.24, 2.45) is 5.73 Å². The predicted octanol–water partition coefficient (Wildman–Crippen LogP) is 4.44. The Morgan fingerprint density at radius 1 is 1.26 bits per heavy atom. The van der Waals surface area contributed by atoms with Gasteiger partial charge in [0.1, 0.15) is 10.0 Å². The third kappa shape index (κ3) is 5.89. The molecule has 35 heavy (non-hydrogen) atoms. The molecule has 0 saturated carbocycles.